The number of nitrogens with one attached hydrogen (secondary N) is 1. The van der Waals surface area contributed by atoms with E-state index in [1.54, 1.807) is 30.1 Å². The summed E-state index contributed by atoms with van der Waals surface area (Å²) in [6.45, 7) is 3.27. The van der Waals surface area contributed by atoms with Crippen molar-refractivity contribution in [3.05, 3.63) is 78.0 Å². The van der Waals surface area contributed by atoms with Crippen molar-refractivity contribution in [2.24, 2.45) is 0 Å². The van der Waals surface area contributed by atoms with Crippen molar-refractivity contribution in [2.75, 3.05) is 19.0 Å². The van der Waals surface area contributed by atoms with Crippen LogP contribution in [0.5, 0.6) is 11.5 Å². The molecule has 29 heavy (non-hydrogen) atoms. The fraction of sp³-hybridized carbons (Fsp3) is 0.217. The first-order valence-electron chi connectivity index (χ1n) is 9.55. The largest absolute Gasteiger partial charge is 0.493 e. The van der Waals surface area contributed by atoms with Gasteiger partial charge in [-0.1, -0.05) is 43.3 Å². The van der Waals surface area contributed by atoms with Gasteiger partial charge in [0.2, 0.25) is 5.91 Å². The number of ether oxygens (including phenoxy) is 2. The quantitative estimate of drug-likeness (QED) is 0.550. The average Bonchev–Trinajstić information content (AvgIpc) is 3.18. The fourth-order valence-corrected chi connectivity index (χ4v) is 2.78. The van der Waals surface area contributed by atoms with E-state index in [9.17, 15) is 4.79 Å². The van der Waals surface area contributed by atoms with Crippen LogP contribution >= 0.6 is 0 Å². The minimum Gasteiger partial charge on any atom is -0.493 e. The molecule has 2 aromatic carbocycles. The molecule has 3 rings (SSSR count). The second-order valence-electron chi connectivity index (χ2n) is 6.44. The monoisotopic (exact) mass is 391 g/mol. The minimum absolute atomic E-state index is 0.231. The maximum Gasteiger partial charge on any atom is 0.249 e. The third-order valence-corrected chi connectivity index (χ3v) is 4.22. The molecule has 6 heteroatoms. The van der Waals surface area contributed by atoms with Crippen LogP contribution in [0.2, 0.25) is 0 Å². The number of anilines is 1. The molecule has 3 aromatic rings. The van der Waals surface area contributed by atoms with Crippen LogP contribution in [0, 0.1) is 0 Å². The van der Waals surface area contributed by atoms with E-state index in [-0.39, 0.29) is 5.91 Å². The van der Waals surface area contributed by atoms with E-state index >= 15 is 0 Å². The summed E-state index contributed by atoms with van der Waals surface area (Å²) in [5, 5.41) is 7.15. The van der Waals surface area contributed by atoms with Crippen LogP contribution < -0.4 is 14.8 Å². The molecule has 0 unspecified atom stereocenters. The molecule has 0 aliphatic carbocycles. The lowest BCUT2D eigenvalue weighted by Crippen LogP contribution is -2.13. The number of benzene rings is 2. The molecule has 0 atom stereocenters. The van der Waals surface area contributed by atoms with Crippen LogP contribution in [0.25, 0.3) is 6.08 Å². The van der Waals surface area contributed by atoms with Crippen LogP contribution in [0.3, 0.4) is 0 Å². The molecule has 0 saturated heterocycles. The Balaban J connectivity index is 1.64. The van der Waals surface area contributed by atoms with Gasteiger partial charge < -0.3 is 14.8 Å². The smallest absolute Gasteiger partial charge is 0.249 e. The number of aromatic nitrogens is 2. The van der Waals surface area contributed by atoms with Crippen molar-refractivity contribution in [2.45, 2.75) is 19.9 Å². The molecular weight excluding hydrogens is 366 g/mol. The molecule has 0 aliphatic heterocycles. The Morgan fingerprint density at radius 2 is 1.97 bits per heavy atom. The van der Waals surface area contributed by atoms with Gasteiger partial charge in [-0.05, 0) is 35.8 Å². The Labute approximate surface area is 170 Å². The SMILES string of the molecule is CCCOc1ccc(C=CC(=O)Nc2ccnn2Cc2ccccc2)cc1OC. The Morgan fingerprint density at radius 3 is 2.72 bits per heavy atom. The molecule has 1 N–H and O–H groups in total. The highest BCUT2D eigenvalue weighted by molar-refractivity contribution is 6.01. The average molecular weight is 391 g/mol. The van der Waals surface area contributed by atoms with Gasteiger partial charge in [0.15, 0.2) is 11.5 Å². The van der Waals surface area contributed by atoms with Gasteiger partial charge in [0, 0.05) is 12.1 Å². The topological polar surface area (TPSA) is 65.4 Å². The summed E-state index contributed by atoms with van der Waals surface area (Å²) in [6.07, 6.45) is 5.81. The molecule has 0 aliphatic rings. The lowest BCUT2D eigenvalue weighted by atomic mass is 10.2. The summed E-state index contributed by atoms with van der Waals surface area (Å²) in [5.74, 6) is 1.75. The lowest BCUT2D eigenvalue weighted by Gasteiger charge is -2.10. The summed E-state index contributed by atoms with van der Waals surface area (Å²) in [6, 6.07) is 17.3. The predicted molar refractivity (Wildman–Crippen MR) is 114 cm³/mol. The molecule has 6 nitrogen and oxygen atoms in total. The number of methoxy groups -OCH3 is 1. The molecule has 0 radical (unpaired) electrons. The normalized spacial score (nSPS) is 10.8. The number of rotatable bonds is 9. The van der Waals surface area contributed by atoms with Crippen molar-refractivity contribution >= 4 is 17.8 Å². The zero-order chi connectivity index (χ0) is 20.5. The summed E-state index contributed by atoms with van der Waals surface area (Å²) in [4.78, 5) is 12.4. The van der Waals surface area contributed by atoms with E-state index in [0.717, 1.165) is 17.5 Å². The Bertz CT molecular complexity index is 965. The molecular formula is C23H25N3O3. The van der Waals surface area contributed by atoms with Crippen molar-refractivity contribution in [3.63, 3.8) is 0 Å². The van der Waals surface area contributed by atoms with Crippen LogP contribution in [0.15, 0.2) is 66.9 Å². The van der Waals surface area contributed by atoms with Gasteiger partial charge in [-0.25, -0.2) is 4.68 Å². The van der Waals surface area contributed by atoms with Gasteiger partial charge in [0.25, 0.3) is 0 Å². The van der Waals surface area contributed by atoms with Crippen LogP contribution in [0.1, 0.15) is 24.5 Å². The highest BCUT2D eigenvalue weighted by Crippen LogP contribution is 2.28. The molecule has 0 saturated carbocycles. The number of hydrogen-bond acceptors (Lipinski definition) is 4. The first kappa shape index (κ1) is 20.2. The lowest BCUT2D eigenvalue weighted by molar-refractivity contribution is -0.111. The predicted octanol–water partition coefficient (Wildman–Crippen LogP) is 4.38. The number of amides is 1. The maximum absolute atomic E-state index is 12.4. The standard InChI is InChI=1S/C23H25N3O3/c1-3-15-29-20-11-9-18(16-21(20)28-2)10-12-23(27)25-22-13-14-24-26(22)17-19-7-5-4-6-8-19/h4-14,16H,3,15,17H2,1-2H3,(H,25,27). The summed E-state index contributed by atoms with van der Waals surface area (Å²) in [7, 11) is 1.60. The van der Waals surface area contributed by atoms with Crippen LogP contribution in [-0.2, 0) is 11.3 Å². The van der Waals surface area contributed by atoms with E-state index in [0.29, 0.717) is 30.5 Å². The van der Waals surface area contributed by atoms with Crippen LogP contribution in [-0.4, -0.2) is 29.4 Å². The van der Waals surface area contributed by atoms with Crippen molar-refractivity contribution in [1.29, 1.82) is 0 Å². The van der Waals surface area contributed by atoms with Crippen molar-refractivity contribution < 1.29 is 14.3 Å². The Kier molecular flexibility index (Phi) is 7.05. The molecule has 0 spiro atoms. The molecule has 1 heterocycles. The van der Waals surface area contributed by atoms with E-state index in [1.165, 1.54) is 6.08 Å². The van der Waals surface area contributed by atoms with Crippen molar-refractivity contribution in [1.82, 2.24) is 9.78 Å². The zero-order valence-corrected chi connectivity index (χ0v) is 16.7. The summed E-state index contributed by atoms with van der Waals surface area (Å²) < 4.78 is 12.8. The second kappa shape index (κ2) is 10.1. The third kappa shape index (κ3) is 5.72. The Hall–Kier alpha value is -3.54. The fourth-order valence-electron chi connectivity index (χ4n) is 2.78. The maximum atomic E-state index is 12.4. The number of carbonyl (C=O) groups is 1. The van der Waals surface area contributed by atoms with Crippen molar-refractivity contribution in [3.8, 4) is 11.5 Å². The minimum atomic E-state index is -0.231. The number of carbonyl (C=O) groups excluding carboxylic acids is 1. The first-order valence-corrected chi connectivity index (χ1v) is 9.55. The van der Waals surface area contributed by atoms with Gasteiger partial charge in [0.1, 0.15) is 5.82 Å². The molecule has 0 fully saturated rings. The highest BCUT2D eigenvalue weighted by atomic mass is 16.5. The summed E-state index contributed by atoms with van der Waals surface area (Å²) in [5.41, 5.74) is 1.96. The third-order valence-electron chi connectivity index (χ3n) is 4.22. The van der Waals surface area contributed by atoms with E-state index in [1.807, 2.05) is 55.5 Å². The van der Waals surface area contributed by atoms with Gasteiger partial charge in [0.05, 0.1) is 26.5 Å². The molecule has 1 amide bonds. The van der Waals surface area contributed by atoms with Gasteiger partial charge in [-0.3, -0.25) is 4.79 Å². The van der Waals surface area contributed by atoms with Gasteiger partial charge >= 0.3 is 0 Å². The number of nitrogens with zero attached hydrogens (tertiary/aromatic N) is 2. The number of hydrogen-bond donors (Lipinski definition) is 1. The zero-order valence-electron chi connectivity index (χ0n) is 16.7. The first-order chi connectivity index (χ1) is 14.2. The molecule has 150 valence electrons. The Morgan fingerprint density at radius 1 is 1.14 bits per heavy atom. The van der Waals surface area contributed by atoms with Gasteiger partial charge in [-0.15, -0.1) is 0 Å². The molecule has 1 aromatic heterocycles. The van der Waals surface area contributed by atoms with Gasteiger partial charge in [-0.2, -0.15) is 5.10 Å². The van der Waals surface area contributed by atoms with Crippen LogP contribution in [0.4, 0.5) is 5.82 Å². The highest BCUT2D eigenvalue weighted by Gasteiger charge is 2.07. The molecule has 0 bridgehead atoms. The summed E-state index contributed by atoms with van der Waals surface area (Å²) >= 11 is 0. The second-order valence-corrected chi connectivity index (χ2v) is 6.44. The van der Waals surface area contributed by atoms with E-state index < -0.39 is 0 Å². The van der Waals surface area contributed by atoms with E-state index in [4.69, 9.17) is 9.47 Å². The van der Waals surface area contributed by atoms with E-state index in [2.05, 4.69) is 10.4 Å².